The van der Waals surface area contributed by atoms with E-state index in [2.05, 4.69) is 24.0 Å². The summed E-state index contributed by atoms with van der Waals surface area (Å²) in [6.45, 7) is 4.19. The van der Waals surface area contributed by atoms with Crippen molar-refractivity contribution in [1.29, 1.82) is 0 Å². The fraction of sp³-hybridized carbons (Fsp3) is 0.370. The van der Waals surface area contributed by atoms with Gasteiger partial charge >= 0.3 is 0 Å². The lowest BCUT2D eigenvalue weighted by molar-refractivity contribution is -0.137. The fourth-order valence-corrected chi connectivity index (χ4v) is 5.88. The van der Waals surface area contributed by atoms with E-state index in [1.165, 1.54) is 11.1 Å². The van der Waals surface area contributed by atoms with Crippen LogP contribution in [0.1, 0.15) is 49.2 Å². The van der Waals surface area contributed by atoms with Gasteiger partial charge < -0.3 is 4.79 Å². The molecule has 5 heteroatoms. The molecule has 3 aromatic rings. The molecule has 1 saturated carbocycles. The molecule has 1 unspecified atom stereocenters. The Hall–Kier alpha value is -3.21. The van der Waals surface area contributed by atoms with Crippen LogP contribution in [-0.2, 0) is 27.8 Å². The van der Waals surface area contributed by atoms with Gasteiger partial charge in [0, 0.05) is 35.7 Å². The van der Waals surface area contributed by atoms with E-state index in [4.69, 9.17) is 9.97 Å². The van der Waals surface area contributed by atoms with Crippen molar-refractivity contribution < 1.29 is 9.59 Å². The molecule has 0 bridgehead atoms. The number of carbonyl (C=O) groups is 2. The highest BCUT2D eigenvalue weighted by Crippen LogP contribution is 2.52. The quantitative estimate of drug-likeness (QED) is 0.458. The van der Waals surface area contributed by atoms with Gasteiger partial charge in [-0.3, -0.25) is 9.78 Å². The molecule has 2 heterocycles. The molecule has 0 spiro atoms. The number of nitrogens with zero attached hydrogens (tertiary/aromatic N) is 3. The van der Waals surface area contributed by atoms with E-state index in [1.54, 1.807) is 12.4 Å². The average Bonchev–Trinajstić information content (AvgIpc) is 2.83. The van der Waals surface area contributed by atoms with Gasteiger partial charge in [0.15, 0.2) is 5.82 Å². The Bertz CT molecular complexity index is 1160. The Morgan fingerprint density at radius 2 is 1.84 bits per heavy atom. The Morgan fingerprint density at radius 3 is 2.56 bits per heavy atom. The van der Waals surface area contributed by atoms with Gasteiger partial charge in [0.25, 0.3) is 0 Å². The molecule has 0 saturated heterocycles. The first-order valence-corrected chi connectivity index (χ1v) is 11.3. The number of aromatic nitrogens is 3. The van der Waals surface area contributed by atoms with Crippen LogP contribution < -0.4 is 0 Å². The van der Waals surface area contributed by atoms with Crippen LogP contribution in [0.25, 0.3) is 11.4 Å². The van der Waals surface area contributed by atoms with E-state index in [0.717, 1.165) is 42.5 Å². The number of fused-ring (bicyclic) bond motifs is 3. The lowest BCUT2D eigenvalue weighted by Gasteiger charge is -2.49. The number of hydrogen-bond donors (Lipinski definition) is 0. The van der Waals surface area contributed by atoms with Crippen LogP contribution in [0.2, 0.25) is 0 Å². The normalized spacial score (nSPS) is 26.8. The highest BCUT2D eigenvalue weighted by atomic mass is 16.1. The summed E-state index contributed by atoms with van der Waals surface area (Å²) in [6.07, 6.45) is 7.38. The lowest BCUT2D eigenvalue weighted by Crippen LogP contribution is -2.51. The van der Waals surface area contributed by atoms with Crippen LogP contribution in [0, 0.1) is 17.8 Å². The second kappa shape index (κ2) is 8.05. The van der Waals surface area contributed by atoms with Gasteiger partial charge in [-0.1, -0.05) is 44.2 Å². The zero-order valence-electron chi connectivity index (χ0n) is 18.5. The number of pyridine rings is 1. The molecule has 2 aromatic heterocycles. The van der Waals surface area contributed by atoms with Crippen LogP contribution in [0.3, 0.4) is 0 Å². The maximum absolute atomic E-state index is 12.8. The minimum atomic E-state index is -0.561. The molecule has 5 nitrogen and oxygen atoms in total. The van der Waals surface area contributed by atoms with Gasteiger partial charge in [-0.2, -0.15) is 0 Å². The molecule has 5 rings (SSSR count). The van der Waals surface area contributed by atoms with Crippen molar-refractivity contribution >= 4 is 12.1 Å². The third kappa shape index (κ3) is 3.36. The van der Waals surface area contributed by atoms with Crippen LogP contribution in [0.15, 0.2) is 54.9 Å². The van der Waals surface area contributed by atoms with Crippen LogP contribution in [-0.4, -0.2) is 27.0 Å². The highest BCUT2D eigenvalue weighted by molar-refractivity contribution is 5.96. The van der Waals surface area contributed by atoms with Crippen molar-refractivity contribution in [3.8, 4) is 11.4 Å². The molecule has 4 atom stereocenters. The van der Waals surface area contributed by atoms with Crippen LogP contribution >= 0.6 is 0 Å². The summed E-state index contributed by atoms with van der Waals surface area (Å²) in [7, 11) is 0. The Kier molecular flexibility index (Phi) is 5.20. The number of ketones is 1. The molecular weight excluding hydrogens is 398 g/mol. The van der Waals surface area contributed by atoms with Crippen molar-refractivity contribution in [2.45, 2.75) is 44.9 Å². The van der Waals surface area contributed by atoms with E-state index in [-0.39, 0.29) is 23.0 Å². The molecule has 2 aliphatic rings. The summed E-state index contributed by atoms with van der Waals surface area (Å²) in [6, 6.07) is 14.2. The zero-order chi connectivity index (χ0) is 22.3. The van der Waals surface area contributed by atoms with E-state index in [9.17, 15) is 9.59 Å². The van der Waals surface area contributed by atoms with Crippen molar-refractivity contribution in [2.24, 2.45) is 17.8 Å². The average molecular weight is 426 g/mol. The zero-order valence-corrected chi connectivity index (χ0v) is 18.5. The molecule has 1 aromatic carbocycles. The molecule has 32 heavy (non-hydrogen) atoms. The van der Waals surface area contributed by atoms with Gasteiger partial charge in [0.2, 0.25) is 0 Å². The van der Waals surface area contributed by atoms with E-state index in [0.29, 0.717) is 12.2 Å². The van der Waals surface area contributed by atoms with Crippen LogP contribution in [0.5, 0.6) is 0 Å². The summed E-state index contributed by atoms with van der Waals surface area (Å²) in [4.78, 5) is 38.8. The maximum Gasteiger partial charge on any atom is 0.159 e. The van der Waals surface area contributed by atoms with Gasteiger partial charge in [-0.25, -0.2) is 9.97 Å². The third-order valence-corrected chi connectivity index (χ3v) is 7.54. The first kappa shape index (κ1) is 20.7. The van der Waals surface area contributed by atoms with Crippen LogP contribution in [0.4, 0.5) is 0 Å². The molecule has 0 aliphatic heterocycles. The van der Waals surface area contributed by atoms with E-state index >= 15 is 0 Å². The topological polar surface area (TPSA) is 72.8 Å². The summed E-state index contributed by atoms with van der Waals surface area (Å²) < 4.78 is 0. The first-order valence-electron chi connectivity index (χ1n) is 11.3. The minimum absolute atomic E-state index is 0.0823. The second-order valence-electron chi connectivity index (χ2n) is 9.42. The van der Waals surface area contributed by atoms with Crippen molar-refractivity contribution in [3.63, 3.8) is 0 Å². The number of carbonyl (C=O) groups excluding carboxylic acids is 2. The number of Topliss-reactive ketones (excluding diaryl/α,β-unsaturated/α-hetero) is 1. The number of rotatable bonds is 4. The molecule has 0 amide bonds. The van der Waals surface area contributed by atoms with Gasteiger partial charge in [0.05, 0.1) is 17.3 Å². The molecule has 0 radical (unpaired) electrons. The Morgan fingerprint density at radius 1 is 1.09 bits per heavy atom. The Labute approximate surface area is 188 Å². The largest absolute Gasteiger partial charge is 0.303 e. The summed E-state index contributed by atoms with van der Waals surface area (Å²) >= 11 is 0. The fourth-order valence-electron chi connectivity index (χ4n) is 5.88. The van der Waals surface area contributed by atoms with E-state index < -0.39 is 5.92 Å². The minimum Gasteiger partial charge on any atom is -0.303 e. The first-order chi connectivity index (χ1) is 15.5. The standard InChI is InChI=1S/C27H27N3O2/c1-17-22-9-8-21-23(14-18-6-4-3-5-7-18)29-26(19-10-12-28-13-11-19)30-25(21)27(22,2)15-20(16-31)24(17)32/h3-7,10-13,16-17,20,22H,8-9,14-15H2,1-2H3/t17-,20?,22-,27-/m1/s1. The summed E-state index contributed by atoms with van der Waals surface area (Å²) in [5.41, 5.74) is 5.06. The smallest absolute Gasteiger partial charge is 0.159 e. The van der Waals surface area contributed by atoms with E-state index in [1.807, 2.05) is 37.3 Å². The number of hydrogen-bond acceptors (Lipinski definition) is 5. The van der Waals surface area contributed by atoms with Crippen molar-refractivity contribution in [2.75, 3.05) is 0 Å². The number of aldehydes is 1. The highest BCUT2D eigenvalue weighted by Gasteiger charge is 2.53. The predicted octanol–water partition coefficient (Wildman–Crippen LogP) is 4.37. The molecule has 2 aliphatic carbocycles. The van der Waals surface area contributed by atoms with Crippen molar-refractivity contribution in [3.05, 3.63) is 77.4 Å². The van der Waals surface area contributed by atoms with Gasteiger partial charge in [0.1, 0.15) is 12.1 Å². The third-order valence-electron chi connectivity index (χ3n) is 7.54. The second-order valence-corrected chi connectivity index (χ2v) is 9.42. The summed E-state index contributed by atoms with van der Waals surface area (Å²) in [5.74, 6) is 0.247. The number of benzene rings is 1. The Balaban J connectivity index is 1.69. The molecule has 1 fully saturated rings. The SMILES string of the molecule is C[C@H]1C(=O)C(C=O)C[C@@]2(C)c3nc(-c4ccncc4)nc(Cc4ccccc4)c3CC[C@H]12. The van der Waals surface area contributed by atoms with Gasteiger partial charge in [-0.05, 0) is 48.4 Å². The monoisotopic (exact) mass is 425 g/mol. The lowest BCUT2D eigenvalue weighted by atomic mass is 9.54. The molecule has 162 valence electrons. The molecule has 0 N–H and O–H groups in total. The maximum atomic E-state index is 12.8. The van der Waals surface area contributed by atoms with Gasteiger partial charge in [-0.15, -0.1) is 0 Å². The molecular formula is C27H27N3O2. The van der Waals surface area contributed by atoms with Crippen molar-refractivity contribution in [1.82, 2.24) is 15.0 Å². The summed E-state index contributed by atoms with van der Waals surface area (Å²) in [5, 5.41) is 0. The predicted molar refractivity (Wildman–Crippen MR) is 122 cm³/mol.